The summed E-state index contributed by atoms with van der Waals surface area (Å²) in [5.41, 5.74) is 1.10. The molecule has 24 heavy (non-hydrogen) atoms. The van der Waals surface area contributed by atoms with Gasteiger partial charge in [0.05, 0.1) is 17.7 Å². The molecule has 1 aromatic carbocycles. The highest BCUT2D eigenvalue weighted by Crippen LogP contribution is 2.31. The van der Waals surface area contributed by atoms with Crippen LogP contribution in [-0.2, 0) is 11.3 Å². The molecule has 6 nitrogen and oxygen atoms in total. The summed E-state index contributed by atoms with van der Waals surface area (Å²) in [4.78, 5) is 26.0. The van der Waals surface area contributed by atoms with Crippen LogP contribution in [0.5, 0.6) is 5.75 Å². The van der Waals surface area contributed by atoms with Crippen LogP contribution >= 0.6 is 11.8 Å². The molecule has 2 N–H and O–H groups in total. The van der Waals surface area contributed by atoms with Crippen molar-refractivity contribution in [2.45, 2.75) is 30.5 Å². The lowest BCUT2D eigenvalue weighted by Crippen LogP contribution is -2.53. The quantitative estimate of drug-likeness (QED) is 0.850. The molecule has 0 spiro atoms. The number of benzene rings is 1. The SMILES string of the molecule is COc1ccc(CN2CC[C@H](SC3NC(=O)NCC3C)C2=O)cc1. The number of hydrogen-bond acceptors (Lipinski definition) is 4. The van der Waals surface area contributed by atoms with E-state index < -0.39 is 0 Å². The average Bonchev–Trinajstić information content (AvgIpc) is 2.92. The van der Waals surface area contributed by atoms with Crippen LogP contribution in [0.15, 0.2) is 24.3 Å². The number of carbonyl (C=O) groups is 2. The summed E-state index contributed by atoms with van der Waals surface area (Å²) in [6, 6.07) is 7.65. The second-order valence-corrected chi connectivity index (χ2v) is 7.62. The van der Waals surface area contributed by atoms with E-state index in [-0.39, 0.29) is 22.6 Å². The number of methoxy groups -OCH3 is 1. The molecule has 130 valence electrons. The molecule has 7 heteroatoms. The molecule has 0 aromatic heterocycles. The first kappa shape index (κ1) is 17.0. The van der Waals surface area contributed by atoms with E-state index in [9.17, 15) is 9.59 Å². The maximum Gasteiger partial charge on any atom is 0.315 e. The van der Waals surface area contributed by atoms with E-state index in [1.165, 1.54) is 0 Å². The zero-order valence-corrected chi connectivity index (χ0v) is 14.8. The Kier molecular flexibility index (Phi) is 5.18. The fourth-order valence-corrected chi connectivity index (χ4v) is 4.37. The summed E-state index contributed by atoms with van der Waals surface area (Å²) >= 11 is 1.59. The van der Waals surface area contributed by atoms with Crippen molar-refractivity contribution in [2.24, 2.45) is 5.92 Å². The highest BCUT2D eigenvalue weighted by atomic mass is 32.2. The van der Waals surface area contributed by atoms with Gasteiger partial charge in [-0.15, -0.1) is 11.8 Å². The minimum absolute atomic E-state index is 0.00589. The third-order valence-corrected chi connectivity index (χ3v) is 6.11. The van der Waals surface area contributed by atoms with Gasteiger partial charge >= 0.3 is 6.03 Å². The molecule has 2 aliphatic rings. The Morgan fingerprint density at radius 2 is 2.04 bits per heavy atom. The molecule has 2 unspecified atom stereocenters. The van der Waals surface area contributed by atoms with E-state index in [2.05, 4.69) is 17.6 Å². The van der Waals surface area contributed by atoms with E-state index in [1.54, 1.807) is 18.9 Å². The summed E-state index contributed by atoms with van der Waals surface area (Å²) in [5, 5.41) is 5.62. The van der Waals surface area contributed by atoms with Gasteiger partial charge in [0, 0.05) is 25.6 Å². The van der Waals surface area contributed by atoms with Gasteiger partial charge in [0.1, 0.15) is 5.75 Å². The molecular weight excluding hydrogens is 326 g/mol. The highest BCUT2D eigenvalue weighted by Gasteiger charge is 2.36. The van der Waals surface area contributed by atoms with Gasteiger partial charge in [-0.2, -0.15) is 0 Å². The molecule has 3 rings (SSSR count). The first-order chi connectivity index (χ1) is 11.6. The Bertz CT molecular complexity index is 608. The number of ether oxygens (including phenoxy) is 1. The molecule has 0 saturated carbocycles. The molecule has 2 aliphatic heterocycles. The second-order valence-electron chi connectivity index (χ2n) is 6.27. The Hall–Kier alpha value is -1.89. The third kappa shape index (κ3) is 3.77. The Balaban J connectivity index is 1.57. The van der Waals surface area contributed by atoms with Crippen molar-refractivity contribution in [1.29, 1.82) is 0 Å². The van der Waals surface area contributed by atoms with Crippen molar-refractivity contribution in [3.05, 3.63) is 29.8 Å². The van der Waals surface area contributed by atoms with Crippen molar-refractivity contribution in [3.8, 4) is 5.75 Å². The molecular formula is C17H23N3O3S. The monoisotopic (exact) mass is 349 g/mol. The lowest BCUT2D eigenvalue weighted by Gasteiger charge is -2.31. The highest BCUT2D eigenvalue weighted by molar-refractivity contribution is 8.01. The zero-order chi connectivity index (χ0) is 17.1. The fourth-order valence-electron chi connectivity index (χ4n) is 2.97. The van der Waals surface area contributed by atoms with Crippen molar-refractivity contribution in [2.75, 3.05) is 20.2 Å². The van der Waals surface area contributed by atoms with Gasteiger partial charge in [-0.25, -0.2) is 4.79 Å². The van der Waals surface area contributed by atoms with Crippen LogP contribution in [0, 0.1) is 5.92 Å². The number of nitrogens with one attached hydrogen (secondary N) is 2. The number of amides is 3. The van der Waals surface area contributed by atoms with Crippen LogP contribution < -0.4 is 15.4 Å². The van der Waals surface area contributed by atoms with E-state index in [0.717, 1.165) is 24.3 Å². The first-order valence-electron chi connectivity index (χ1n) is 8.18. The number of carbonyl (C=O) groups excluding carboxylic acids is 2. The molecule has 0 aliphatic carbocycles. The predicted octanol–water partition coefficient (Wildman–Crippen LogP) is 1.80. The van der Waals surface area contributed by atoms with Gasteiger partial charge in [0.2, 0.25) is 5.91 Å². The lowest BCUT2D eigenvalue weighted by molar-refractivity contribution is -0.127. The number of rotatable bonds is 5. The Morgan fingerprint density at radius 1 is 1.29 bits per heavy atom. The van der Waals surface area contributed by atoms with Gasteiger partial charge in [0.15, 0.2) is 0 Å². The van der Waals surface area contributed by atoms with Crippen LogP contribution in [0.3, 0.4) is 0 Å². The standard InChI is InChI=1S/C17H23N3O3S/c1-11-9-18-17(22)19-15(11)24-14-7-8-20(16(14)21)10-12-3-5-13(23-2)6-4-12/h3-6,11,14-15H,7-10H2,1-2H3,(H2,18,19,22)/t11?,14-,15?/m0/s1. The third-order valence-electron chi connectivity index (χ3n) is 4.47. The van der Waals surface area contributed by atoms with Gasteiger partial charge in [-0.05, 0) is 24.1 Å². The average molecular weight is 349 g/mol. The predicted molar refractivity (Wildman–Crippen MR) is 93.9 cm³/mol. The van der Waals surface area contributed by atoms with Crippen LogP contribution in [0.4, 0.5) is 4.79 Å². The Labute approximate surface area is 146 Å². The van der Waals surface area contributed by atoms with Crippen LogP contribution in [0.1, 0.15) is 18.9 Å². The summed E-state index contributed by atoms with van der Waals surface area (Å²) < 4.78 is 5.16. The minimum atomic E-state index is -0.147. The van der Waals surface area contributed by atoms with Gasteiger partial charge in [-0.1, -0.05) is 19.1 Å². The summed E-state index contributed by atoms with van der Waals surface area (Å²) in [7, 11) is 1.64. The molecule has 3 amide bonds. The topological polar surface area (TPSA) is 70.7 Å². The molecule has 1 aromatic rings. The van der Waals surface area contributed by atoms with Crippen molar-refractivity contribution in [3.63, 3.8) is 0 Å². The molecule has 0 bridgehead atoms. The number of nitrogens with zero attached hydrogens (tertiary/aromatic N) is 1. The van der Waals surface area contributed by atoms with E-state index in [0.29, 0.717) is 19.0 Å². The first-order valence-corrected chi connectivity index (χ1v) is 9.12. The van der Waals surface area contributed by atoms with Crippen molar-refractivity contribution >= 4 is 23.7 Å². The van der Waals surface area contributed by atoms with Crippen molar-refractivity contribution < 1.29 is 14.3 Å². The van der Waals surface area contributed by atoms with Gasteiger partial charge < -0.3 is 20.3 Å². The number of thioether (sulfide) groups is 1. The maximum absolute atomic E-state index is 12.6. The normalized spacial score (nSPS) is 26.9. The molecule has 3 atom stereocenters. The summed E-state index contributed by atoms with van der Waals surface area (Å²) in [6.07, 6.45) is 0.826. The fraction of sp³-hybridized carbons (Fsp3) is 0.529. The molecule has 2 heterocycles. The maximum atomic E-state index is 12.6. The molecule has 0 radical (unpaired) electrons. The largest absolute Gasteiger partial charge is 0.497 e. The minimum Gasteiger partial charge on any atom is -0.497 e. The van der Waals surface area contributed by atoms with Crippen LogP contribution in [-0.4, -0.2) is 47.7 Å². The lowest BCUT2D eigenvalue weighted by atomic mass is 10.1. The second kappa shape index (κ2) is 7.34. The van der Waals surface area contributed by atoms with Crippen molar-refractivity contribution in [1.82, 2.24) is 15.5 Å². The Morgan fingerprint density at radius 3 is 2.75 bits per heavy atom. The number of hydrogen-bond donors (Lipinski definition) is 2. The van der Waals surface area contributed by atoms with Gasteiger partial charge in [0.25, 0.3) is 0 Å². The van der Waals surface area contributed by atoms with Crippen LogP contribution in [0.2, 0.25) is 0 Å². The number of urea groups is 1. The van der Waals surface area contributed by atoms with Crippen LogP contribution in [0.25, 0.3) is 0 Å². The van der Waals surface area contributed by atoms with E-state index in [4.69, 9.17) is 4.74 Å². The molecule has 2 fully saturated rings. The molecule has 2 saturated heterocycles. The van der Waals surface area contributed by atoms with E-state index >= 15 is 0 Å². The van der Waals surface area contributed by atoms with E-state index in [1.807, 2.05) is 29.2 Å². The number of likely N-dealkylation sites (tertiary alicyclic amines) is 1. The summed E-state index contributed by atoms with van der Waals surface area (Å²) in [6.45, 7) is 4.11. The zero-order valence-electron chi connectivity index (χ0n) is 14.0. The van der Waals surface area contributed by atoms with Gasteiger partial charge in [-0.3, -0.25) is 4.79 Å². The summed E-state index contributed by atoms with van der Waals surface area (Å²) in [5.74, 6) is 1.28. The smallest absolute Gasteiger partial charge is 0.315 e.